The summed E-state index contributed by atoms with van der Waals surface area (Å²) in [6, 6.07) is 0. The molecule has 2 aromatic heterocycles. The average Bonchev–Trinajstić information content (AvgIpc) is 2.39. The molecule has 0 spiro atoms. The Kier molecular flexibility index (Phi) is 3.50. The molecule has 0 atom stereocenters. The molecule has 0 radical (unpaired) electrons. The maximum absolute atomic E-state index is 11.8. The molecule has 1 N–H and O–H groups in total. The fourth-order valence-electron chi connectivity index (χ4n) is 2.10. The molecule has 0 aromatic carbocycles. The summed E-state index contributed by atoms with van der Waals surface area (Å²) in [6.07, 6.45) is 0. The molecule has 0 amide bonds. The van der Waals surface area contributed by atoms with Crippen LogP contribution in [-0.4, -0.2) is 52.9 Å². The maximum atomic E-state index is 11.8. The van der Waals surface area contributed by atoms with Crippen LogP contribution in [0.15, 0.2) is 4.79 Å². The van der Waals surface area contributed by atoms with Crippen LogP contribution in [0.1, 0.15) is 0 Å². The highest BCUT2D eigenvalue weighted by Crippen LogP contribution is 2.24. The van der Waals surface area contributed by atoms with Gasteiger partial charge in [-0.05, 0) is 23.2 Å². The van der Waals surface area contributed by atoms with E-state index in [1.165, 1.54) is 0 Å². The third-order valence-electron chi connectivity index (χ3n) is 3.12. The summed E-state index contributed by atoms with van der Waals surface area (Å²) in [5.41, 5.74) is -0.310. The molecule has 1 fully saturated rings. The molecule has 1 aliphatic rings. The van der Waals surface area contributed by atoms with Gasteiger partial charge in [0, 0.05) is 13.1 Å². The van der Waals surface area contributed by atoms with Crippen LogP contribution in [0, 0.1) is 0 Å². The Morgan fingerprint density at radius 2 is 1.71 bits per heavy atom. The zero-order valence-electron chi connectivity index (χ0n) is 10.5. The molecule has 0 unspecified atom stereocenters. The first-order valence-electron chi connectivity index (χ1n) is 5.94. The topological polar surface area (TPSA) is 109 Å². The second-order valence-electron chi connectivity index (χ2n) is 4.51. The van der Waals surface area contributed by atoms with Gasteiger partial charge in [0.1, 0.15) is 5.52 Å². The Labute approximate surface area is 129 Å². The number of fused-ring (bicyclic) bond motifs is 1. The second kappa shape index (κ2) is 5.08. The fraction of sp³-hybridized carbons (Fsp3) is 0.400. The predicted molar refractivity (Wildman–Crippen MR) is 78.8 cm³/mol. The lowest BCUT2D eigenvalue weighted by Gasteiger charge is -2.28. The van der Waals surface area contributed by atoms with Gasteiger partial charge >= 0.3 is 0 Å². The molecular formula is C10H9Cl2N5O3S. The summed E-state index contributed by atoms with van der Waals surface area (Å²) < 4.78 is 23.0. The van der Waals surface area contributed by atoms with Gasteiger partial charge in [-0.25, -0.2) is 18.4 Å². The zero-order chi connectivity index (χ0) is 15.2. The van der Waals surface area contributed by atoms with Crippen molar-refractivity contribution in [2.75, 3.05) is 29.5 Å². The minimum Gasteiger partial charge on any atom is -0.353 e. The average molecular weight is 350 g/mol. The van der Waals surface area contributed by atoms with E-state index in [1.807, 2.05) is 0 Å². The standard InChI is InChI=1S/C10H9Cl2N5O3S/c11-9-14-6-5(13-10(12)16-8(6)18)7(15-9)17-1-3-21(19,20)4-2-17/h1-4H2,(H,13,16,18). The number of aromatic amines is 1. The van der Waals surface area contributed by atoms with Crippen molar-refractivity contribution in [2.24, 2.45) is 0 Å². The molecule has 1 saturated heterocycles. The van der Waals surface area contributed by atoms with E-state index in [0.717, 1.165) is 0 Å². The van der Waals surface area contributed by atoms with E-state index in [1.54, 1.807) is 4.90 Å². The van der Waals surface area contributed by atoms with Gasteiger partial charge in [0.05, 0.1) is 11.5 Å². The van der Waals surface area contributed by atoms with Gasteiger partial charge in [-0.15, -0.1) is 0 Å². The number of H-pyrrole nitrogens is 1. The number of hydrogen-bond acceptors (Lipinski definition) is 7. The molecule has 3 rings (SSSR count). The van der Waals surface area contributed by atoms with Gasteiger partial charge in [0.25, 0.3) is 5.56 Å². The summed E-state index contributed by atoms with van der Waals surface area (Å²) in [5, 5.41) is -0.204. The van der Waals surface area contributed by atoms with E-state index in [2.05, 4.69) is 19.9 Å². The third-order valence-corrected chi connectivity index (χ3v) is 5.08. The first-order chi connectivity index (χ1) is 9.85. The summed E-state index contributed by atoms with van der Waals surface area (Å²) in [7, 11) is -3.04. The number of nitrogens with one attached hydrogen (secondary N) is 1. The van der Waals surface area contributed by atoms with E-state index in [0.29, 0.717) is 5.82 Å². The predicted octanol–water partition coefficient (Wildman–Crippen LogP) is 0.255. The lowest BCUT2D eigenvalue weighted by atomic mass is 10.3. The van der Waals surface area contributed by atoms with Crippen LogP contribution >= 0.6 is 23.2 Å². The van der Waals surface area contributed by atoms with E-state index >= 15 is 0 Å². The molecule has 8 nitrogen and oxygen atoms in total. The number of sulfone groups is 1. The number of halogens is 2. The third kappa shape index (κ3) is 2.81. The van der Waals surface area contributed by atoms with Crippen molar-refractivity contribution in [3.8, 4) is 0 Å². The minimum absolute atomic E-state index is 0.00698. The Hall–Kier alpha value is -1.45. The maximum Gasteiger partial charge on any atom is 0.278 e. The lowest BCUT2D eigenvalue weighted by Crippen LogP contribution is -2.41. The van der Waals surface area contributed by atoms with E-state index in [9.17, 15) is 13.2 Å². The van der Waals surface area contributed by atoms with Crippen LogP contribution in [0.4, 0.5) is 5.82 Å². The Morgan fingerprint density at radius 3 is 2.38 bits per heavy atom. The number of hydrogen-bond donors (Lipinski definition) is 1. The normalized spacial score (nSPS) is 18.1. The smallest absolute Gasteiger partial charge is 0.278 e. The SMILES string of the molecule is O=c1[nH]c(Cl)nc2c(N3CCS(=O)(=O)CC3)nc(Cl)nc12. The number of anilines is 1. The molecule has 0 saturated carbocycles. The molecule has 3 heterocycles. The molecule has 21 heavy (non-hydrogen) atoms. The summed E-state index contributed by atoms with van der Waals surface area (Å²) in [4.78, 5) is 27.8. The number of nitrogens with zero attached hydrogens (tertiary/aromatic N) is 4. The summed E-state index contributed by atoms with van der Waals surface area (Å²) >= 11 is 11.6. The quantitative estimate of drug-likeness (QED) is 0.735. The fourth-order valence-corrected chi connectivity index (χ4v) is 3.64. The van der Waals surface area contributed by atoms with Crippen LogP contribution in [0.3, 0.4) is 0 Å². The van der Waals surface area contributed by atoms with E-state index < -0.39 is 15.4 Å². The van der Waals surface area contributed by atoms with Crippen molar-refractivity contribution >= 4 is 49.9 Å². The van der Waals surface area contributed by atoms with Crippen LogP contribution < -0.4 is 10.5 Å². The molecule has 112 valence electrons. The monoisotopic (exact) mass is 349 g/mol. The van der Waals surface area contributed by atoms with Gasteiger partial charge < -0.3 is 4.90 Å². The summed E-state index contributed by atoms with van der Waals surface area (Å²) in [5.74, 6) is 0.327. The Morgan fingerprint density at radius 1 is 1.05 bits per heavy atom. The van der Waals surface area contributed by atoms with Gasteiger partial charge in [0.2, 0.25) is 10.6 Å². The second-order valence-corrected chi connectivity index (χ2v) is 7.51. The van der Waals surface area contributed by atoms with Gasteiger partial charge in [0.15, 0.2) is 21.2 Å². The first kappa shape index (κ1) is 14.5. The molecule has 0 bridgehead atoms. The van der Waals surface area contributed by atoms with Gasteiger partial charge in [-0.2, -0.15) is 4.98 Å². The number of aromatic nitrogens is 4. The van der Waals surface area contributed by atoms with Crippen LogP contribution in [-0.2, 0) is 9.84 Å². The van der Waals surface area contributed by atoms with Crippen molar-refractivity contribution in [1.29, 1.82) is 0 Å². The number of rotatable bonds is 1. The molecule has 11 heteroatoms. The molecule has 0 aliphatic carbocycles. The highest BCUT2D eigenvalue weighted by atomic mass is 35.5. The van der Waals surface area contributed by atoms with Crippen molar-refractivity contribution in [3.63, 3.8) is 0 Å². The highest BCUT2D eigenvalue weighted by Gasteiger charge is 2.25. The molecule has 1 aliphatic heterocycles. The lowest BCUT2D eigenvalue weighted by molar-refractivity contribution is 0.586. The van der Waals surface area contributed by atoms with Crippen molar-refractivity contribution in [2.45, 2.75) is 0 Å². The Bertz CT molecular complexity index is 868. The van der Waals surface area contributed by atoms with Gasteiger partial charge in [-0.3, -0.25) is 9.78 Å². The van der Waals surface area contributed by atoms with Crippen molar-refractivity contribution < 1.29 is 8.42 Å². The largest absolute Gasteiger partial charge is 0.353 e. The van der Waals surface area contributed by atoms with E-state index in [4.69, 9.17) is 23.2 Å². The van der Waals surface area contributed by atoms with Crippen LogP contribution in [0.25, 0.3) is 11.0 Å². The Balaban J connectivity index is 2.16. The van der Waals surface area contributed by atoms with Crippen molar-refractivity contribution in [1.82, 2.24) is 19.9 Å². The molecule has 2 aromatic rings. The van der Waals surface area contributed by atoms with Gasteiger partial charge in [-0.1, -0.05) is 0 Å². The first-order valence-corrected chi connectivity index (χ1v) is 8.52. The molecular weight excluding hydrogens is 341 g/mol. The van der Waals surface area contributed by atoms with Crippen molar-refractivity contribution in [3.05, 3.63) is 20.9 Å². The van der Waals surface area contributed by atoms with E-state index in [-0.39, 0.29) is 46.2 Å². The zero-order valence-corrected chi connectivity index (χ0v) is 12.8. The minimum atomic E-state index is -3.04. The van der Waals surface area contributed by atoms with Crippen LogP contribution in [0.2, 0.25) is 10.6 Å². The summed E-state index contributed by atoms with van der Waals surface area (Å²) in [6.45, 7) is 0.494. The highest BCUT2D eigenvalue weighted by molar-refractivity contribution is 7.91. The van der Waals surface area contributed by atoms with Crippen LogP contribution in [0.5, 0.6) is 0 Å².